The van der Waals surface area contributed by atoms with Crippen LogP contribution in [0.3, 0.4) is 0 Å². The van der Waals surface area contributed by atoms with E-state index in [1.807, 2.05) is 6.92 Å². The Hall–Kier alpha value is -1.50. The molecule has 1 unspecified atom stereocenters. The molecule has 0 saturated carbocycles. The zero-order valence-corrected chi connectivity index (χ0v) is 11.6. The number of aliphatic hydroxyl groups is 1. The summed E-state index contributed by atoms with van der Waals surface area (Å²) in [5.74, 6) is 0.265. The number of hydrogen-bond donors (Lipinski definition) is 3. The van der Waals surface area contributed by atoms with E-state index in [0.29, 0.717) is 13.0 Å². The molecule has 1 heterocycles. The van der Waals surface area contributed by atoms with Gasteiger partial charge in [0.25, 0.3) is 0 Å². The molecule has 1 atom stereocenters. The number of pyridine rings is 1. The highest BCUT2D eigenvalue weighted by molar-refractivity contribution is 5.49. The first kappa shape index (κ1) is 16.6. The second-order valence-electron chi connectivity index (χ2n) is 4.48. The number of halogens is 3. The van der Waals surface area contributed by atoms with E-state index in [2.05, 4.69) is 15.6 Å². The van der Waals surface area contributed by atoms with Crippen molar-refractivity contribution < 1.29 is 18.3 Å². The third kappa shape index (κ3) is 5.24. The smallest absolute Gasteiger partial charge is 0.391 e. The Balaban J connectivity index is 2.86. The van der Waals surface area contributed by atoms with Crippen LogP contribution in [0.1, 0.15) is 32.3 Å². The van der Waals surface area contributed by atoms with Gasteiger partial charge in [-0.2, -0.15) is 13.2 Å². The van der Waals surface area contributed by atoms with Gasteiger partial charge in [0.1, 0.15) is 11.6 Å². The van der Waals surface area contributed by atoms with Crippen molar-refractivity contribution >= 4 is 11.6 Å². The standard InChI is InChI=1S/C13H20F3N3O/c1-3-5-10(20)8-18-12-7-9(13(14,15)16)6-11(19-12)17-4-2/h6-7,10,20H,3-5,8H2,1-2H3,(H2,17,18,19). The van der Waals surface area contributed by atoms with E-state index in [1.54, 1.807) is 6.92 Å². The largest absolute Gasteiger partial charge is 0.416 e. The maximum absolute atomic E-state index is 12.8. The Bertz CT molecular complexity index is 424. The molecule has 0 aliphatic heterocycles. The number of aromatic nitrogens is 1. The van der Waals surface area contributed by atoms with Gasteiger partial charge in [-0.3, -0.25) is 0 Å². The van der Waals surface area contributed by atoms with Crippen LogP contribution < -0.4 is 10.6 Å². The van der Waals surface area contributed by atoms with Crippen molar-refractivity contribution in [3.05, 3.63) is 17.7 Å². The predicted molar refractivity (Wildman–Crippen MR) is 72.8 cm³/mol. The summed E-state index contributed by atoms with van der Waals surface area (Å²) in [6.07, 6.45) is -3.63. The Kier molecular flexibility index (Phi) is 6.06. The Morgan fingerprint density at radius 3 is 2.30 bits per heavy atom. The van der Waals surface area contributed by atoms with E-state index in [-0.39, 0.29) is 18.2 Å². The second-order valence-corrected chi connectivity index (χ2v) is 4.48. The number of hydrogen-bond acceptors (Lipinski definition) is 4. The molecule has 0 amide bonds. The first-order chi connectivity index (χ1) is 9.36. The lowest BCUT2D eigenvalue weighted by Crippen LogP contribution is -2.20. The molecule has 114 valence electrons. The lowest BCUT2D eigenvalue weighted by Gasteiger charge is -2.15. The highest BCUT2D eigenvalue weighted by atomic mass is 19.4. The van der Waals surface area contributed by atoms with Crippen molar-refractivity contribution in [1.82, 2.24) is 4.98 Å². The lowest BCUT2D eigenvalue weighted by molar-refractivity contribution is -0.137. The van der Waals surface area contributed by atoms with Crippen LogP contribution in [0.15, 0.2) is 12.1 Å². The fourth-order valence-electron chi connectivity index (χ4n) is 1.71. The van der Waals surface area contributed by atoms with Crippen molar-refractivity contribution in [2.75, 3.05) is 23.7 Å². The number of rotatable bonds is 7. The Morgan fingerprint density at radius 1 is 1.20 bits per heavy atom. The minimum absolute atomic E-state index is 0.103. The van der Waals surface area contributed by atoms with E-state index < -0.39 is 17.8 Å². The normalized spacial score (nSPS) is 13.1. The molecule has 0 aliphatic carbocycles. The molecule has 0 aliphatic rings. The summed E-state index contributed by atoms with van der Waals surface area (Å²) in [6, 6.07) is 1.91. The Labute approximate surface area is 116 Å². The maximum atomic E-state index is 12.8. The minimum atomic E-state index is -4.43. The first-order valence-corrected chi connectivity index (χ1v) is 6.61. The number of anilines is 2. The van der Waals surface area contributed by atoms with Crippen LogP contribution in [0.2, 0.25) is 0 Å². The van der Waals surface area contributed by atoms with Crippen LogP contribution in [0, 0.1) is 0 Å². The maximum Gasteiger partial charge on any atom is 0.416 e. The zero-order chi connectivity index (χ0) is 15.2. The molecule has 7 heteroatoms. The summed E-state index contributed by atoms with van der Waals surface area (Å²) in [7, 11) is 0. The first-order valence-electron chi connectivity index (χ1n) is 6.61. The molecule has 20 heavy (non-hydrogen) atoms. The minimum Gasteiger partial charge on any atom is -0.391 e. The third-order valence-corrected chi connectivity index (χ3v) is 2.65. The summed E-state index contributed by atoms with van der Waals surface area (Å²) in [5, 5.41) is 15.1. The average Bonchev–Trinajstić information content (AvgIpc) is 2.36. The van der Waals surface area contributed by atoms with Gasteiger partial charge in [-0.1, -0.05) is 13.3 Å². The van der Waals surface area contributed by atoms with Crippen LogP contribution in [0.5, 0.6) is 0 Å². The fourth-order valence-corrected chi connectivity index (χ4v) is 1.71. The molecule has 4 nitrogen and oxygen atoms in total. The van der Waals surface area contributed by atoms with Gasteiger partial charge in [0.05, 0.1) is 11.7 Å². The molecule has 1 rings (SSSR count). The topological polar surface area (TPSA) is 57.2 Å². The van der Waals surface area contributed by atoms with Gasteiger partial charge < -0.3 is 15.7 Å². The van der Waals surface area contributed by atoms with Gasteiger partial charge in [-0.05, 0) is 25.5 Å². The summed E-state index contributed by atoms with van der Waals surface area (Å²) >= 11 is 0. The lowest BCUT2D eigenvalue weighted by atomic mass is 10.2. The number of nitrogens with zero attached hydrogens (tertiary/aromatic N) is 1. The summed E-state index contributed by atoms with van der Waals surface area (Å²) in [6.45, 7) is 4.36. The van der Waals surface area contributed by atoms with Gasteiger partial charge in [-0.15, -0.1) is 0 Å². The number of alkyl halides is 3. The van der Waals surface area contributed by atoms with Crippen LogP contribution in [-0.2, 0) is 6.18 Å². The van der Waals surface area contributed by atoms with Crippen molar-refractivity contribution in [2.45, 2.75) is 39.0 Å². The van der Waals surface area contributed by atoms with Crippen LogP contribution >= 0.6 is 0 Å². The van der Waals surface area contributed by atoms with Crippen molar-refractivity contribution in [3.8, 4) is 0 Å². The molecular formula is C13H20F3N3O. The molecule has 0 fully saturated rings. The fraction of sp³-hybridized carbons (Fsp3) is 0.615. The van der Waals surface area contributed by atoms with Gasteiger partial charge in [0.2, 0.25) is 0 Å². The van der Waals surface area contributed by atoms with Crippen LogP contribution in [0.4, 0.5) is 24.8 Å². The van der Waals surface area contributed by atoms with Crippen molar-refractivity contribution in [3.63, 3.8) is 0 Å². The highest BCUT2D eigenvalue weighted by Gasteiger charge is 2.31. The molecule has 0 aromatic carbocycles. The van der Waals surface area contributed by atoms with Gasteiger partial charge in [0.15, 0.2) is 0 Å². The molecule has 0 radical (unpaired) electrons. The van der Waals surface area contributed by atoms with E-state index in [0.717, 1.165) is 18.6 Å². The van der Waals surface area contributed by atoms with Gasteiger partial charge in [-0.25, -0.2) is 4.98 Å². The predicted octanol–water partition coefficient (Wildman–Crippen LogP) is 3.11. The van der Waals surface area contributed by atoms with E-state index >= 15 is 0 Å². The SMILES string of the molecule is CCCC(O)CNc1cc(C(F)(F)F)cc(NCC)n1. The molecule has 3 N–H and O–H groups in total. The molecule has 1 aromatic heterocycles. The van der Waals surface area contributed by atoms with Gasteiger partial charge in [0, 0.05) is 13.1 Å². The molecule has 0 spiro atoms. The van der Waals surface area contributed by atoms with E-state index in [9.17, 15) is 18.3 Å². The van der Waals surface area contributed by atoms with E-state index in [4.69, 9.17) is 0 Å². The van der Waals surface area contributed by atoms with E-state index in [1.165, 1.54) is 0 Å². The molecular weight excluding hydrogens is 271 g/mol. The van der Waals surface area contributed by atoms with Crippen molar-refractivity contribution in [2.24, 2.45) is 0 Å². The summed E-state index contributed by atoms with van der Waals surface area (Å²) < 4.78 is 38.3. The third-order valence-electron chi connectivity index (χ3n) is 2.65. The van der Waals surface area contributed by atoms with Crippen molar-refractivity contribution in [1.29, 1.82) is 0 Å². The van der Waals surface area contributed by atoms with Gasteiger partial charge >= 0.3 is 6.18 Å². The number of nitrogens with one attached hydrogen (secondary N) is 2. The second kappa shape index (κ2) is 7.33. The Morgan fingerprint density at radius 2 is 1.80 bits per heavy atom. The highest BCUT2D eigenvalue weighted by Crippen LogP contribution is 2.32. The van der Waals surface area contributed by atoms with Crippen LogP contribution in [0.25, 0.3) is 0 Å². The molecule has 1 aromatic rings. The molecule has 0 bridgehead atoms. The van der Waals surface area contributed by atoms with Crippen LogP contribution in [-0.4, -0.2) is 29.3 Å². The quantitative estimate of drug-likeness (QED) is 0.722. The molecule has 0 saturated heterocycles. The average molecular weight is 291 g/mol. The summed E-state index contributed by atoms with van der Waals surface area (Å²) in [4.78, 5) is 4.04. The zero-order valence-electron chi connectivity index (χ0n) is 11.6. The summed E-state index contributed by atoms with van der Waals surface area (Å²) in [5.41, 5.74) is -0.768. The number of aliphatic hydroxyl groups excluding tert-OH is 1. The monoisotopic (exact) mass is 291 g/mol.